The minimum Gasteiger partial charge on any atom is -0.380 e. The molecule has 0 atom stereocenters. The summed E-state index contributed by atoms with van der Waals surface area (Å²) in [6.45, 7) is 4.24. The van der Waals surface area contributed by atoms with E-state index in [4.69, 9.17) is 4.74 Å². The second kappa shape index (κ2) is 4.91. The van der Waals surface area contributed by atoms with Gasteiger partial charge in [-0.2, -0.15) is 0 Å². The fourth-order valence-corrected chi connectivity index (χ4v) is 1.59. The van der Waals surface area contributed by atoms with E-state index >= 15 is 0 Å². The van der Waals surface area contributed by atoms with Crippen LogP contribution < -0.4 is 0 Å². The van der Waals surface area contributed by atoms with E-state index in [-0.39, 0.29) is 5.78 Å². The number of methoxy groups -OCH3 is 1. The number of carbonyl (C=O) groups is 1. The predicted molar refractivity (Wildman–Crippen MR) is 56.3 cm³/mol. The van der Waals surface area contributed by atoms with E-state index in [0.717, 1.165) is 11.1 Å². The highest BCUT2D eigenvalue weighted by Crippen LogP contribution is 2.11. The Kier molecular flexibility index (Phi) is 3.84. The van der Waals surface area contributed by atoms with E-state index in [1.807, 2.05) is 19.1 Å². The highest BCUT2D eigenvalue weighted by atomic mass is 16.5. The zero-order valence-electron chi connectivity index (χ0n) is 8.96. The summed E-state index contributed by atoms with van der Waals surface area (Å²) in [6.07, 6.45) is 0.512. The minimum absolute atomic E-state index is 0.193. The van der Waals surface area contributed by atoms with Crippen LogP contribution in [0.3, 0.4) is 0 Å². The highest BCUT2D eigenvalue weighted by Gasteiger charge is 2.01. The van der Waals surface area contributed by atoms with Crippen LogP contribution in [-0.2, 0) is 22.6 Å². The summed E-state index contributed by atoms with van der Waals surface area (Å²) in [4.78, 5) is 11.0. The molecule has 2 heteroatoms. The van der Waals surface area contributed by atoms with E-state index in [1.54, 1.807) is 14.0 Å². The molecule has 1 aromatic carbocycles. The monoisotopic (exact) mass is 192 g/mol. The lowest BCUT2D eigenvalue weighted by Gasteiger charge is -2.05. The fourth-order valence-electron chi connectivity index (χ4n) is 1.59. The average Bonchev–Trinajstić information content (AvgIpc) is 2.01. The maximum atomic E-state index is 11.0. The van der Waals surface area contributed by atoms with Gasteiger partial charge in [-0.05, 0) is 25.0 Å². The van der Waals surface area contributed by atoms with Gasteiger partial charge < -0.3 is 4.74 Å². The van der Waals surface area contributed by atoms with E-state index in [0.29, 0.717) is 13.0 Å². The van der Waals surface area contributed by atoms with Crippen molar-refractivity contribution in [3.8, 4) is 0 Å². The van der Waals surface area contributed by atoms with E-state index in [2.05, 4.69) is 6.07 Å². The molecule has 0 aliphatic carbocycles. The molecule has 0 aliphatic rings. The van der Waals surface area contributed by atoms with Gasteiger partial charge in [-0.25, -0.2) is 0 Å². The number of rotatable bonds is 4. The number of benzene rings is 1. The number of carbonyl (C=O) groups excluding carboxylic acids is 1. The lowest BCUT2D eigenvalue weighted by Crippen LogP contribution is -1.98. The number of hydrogen-bond acceptors (Lipinski definition) is 2. The first-order chi connectivity index (χ1) is 6.61. The molecule has 0 N–H and O–H groups in total. The summed E-state index contributed by atoms with van der Waals surface area (Å²) in [7, 11) is 1.67. The number of hydrogen-bond donors (Lipinski definition) is 0. The number of Topliss-reactive ketones (excluding diaryl/α,β-unsaturated/α-hetero) is 1. The van der Waals surface area contributed by atoms with Crippen molar-refractivity contribution in [1.29, 1.82) is 0 Å². The SMILES string of the molecule is COCc1cc(C)cc(CC(C)=O)c1. The van der Waals surface area contributed by atoms with Gasteiger partial charge in [0.1, 0.15) is 5.78 Å². The molecule has 0 heterocycles. The van der Waals surface area contributed by atoms with Gasteiger partial charge in [-0.3, -0.25) is 4.79 Å². The Morgan fingerprint density at radius 1 is 1.29 bits per heavy atom. The summed E-state index contributed by atoms with van der Waals surface area (Å²) in [5.74, 6) is 0.193. The Bertz CT molecular complexity index is 329. The van der Waals surface area contributed by atoms with Crippen molar-refractivity contribution >= 4 is 5.78 Å². The average molecular weight is 192 g/mol. The van der Waals surface area contributed by atoms with Crippen LogP contribution in [0.2, 0.25) is 0 Å². The van der Waals surface area contributed by atoms with Crippen molar-refractivity contribution in [3.63, 3.8) is 0 Å². The number of ketones is 1. The predicted octanol–water partition coefficient (Wildman–Crippen LogP) is 2.27. The topological polar surface area (TPSA) is 26.3 Å². The van der Waals surface area contributed by atoms with Gasteiger partial charge in [0.25, 0.3) is 0 Å². The maximum Gasteiger partial charge on any atom is 0.134 e. The first kappa shape index (κ1) is 10.9. The molecule has 0 amide bonds. The third kappa shape index (κ3) is 3.30. The second-order valence-corrected chi connectivity index (χ2v) is 3.64. The van der Waals surface area contributed by atoms with Gasteiger partial charge >= 0.3 is 0 Å². The molecule has 76 valence electrons. The van der Waals surface area contributed by atoms with Crippen LogP contribution in [0.1, 0.15) is 23.6 Å². The van der Waals surface area contributed by atoms with Crippen LogP contribution in [0.4, 0.5) is 0 Å². The molecule has 0 spiro atoms. The normalized spacial score (nSPS) is 10.2. The van der Waals surface area contributed by atoms with Gasteiger partial charge in [0.05, 0.1) is 6.61 Å². The molecule has 0 fully saturated rings. The van der Waals surface area contributed by atoms with Gasteiger partial charge in [0.2, 0.25) is 0 Å². The minimum atomic E-state index is 0.193. The van der Waals surface area contributed by atoms with Crippen LogP contribution in [0.25, 0.3) is 0 Å². The number of aryl methyl sites for hydroxylation is 1. The Morgan fingerprint density at radius 3 is 2.50 bits per heavy atom. The van der Waals surface area contributed by atoms with Crippen LogP contribution >= 0.6 is 0 Å². The van der Waals surface area contributed by atoms with Crippen molar-refractivity contribution in [3.05, 3.63) is 34.9 Å². The van der Waals surface area contributed by atoms with Crippen LogP contribution in [0.15, 0.2) is 18.2 Å². The molecular weight excluding hydrogens is 176 g/mol. The van der Waals surface area contributed by atoms with Gasteiger partial charge in [0, 0.05) is 13.5 Å². The van der Waals surface area contributed by atoms with Crippen molar-refractivity contribution < 1.29 is 9.53 Å². The lowest BCUT2D eigenvalue weighted by atomic mass is 10.0. The van der Waals surface area contributed by atoms with E-state index < -0.39 is 0 Å². The summed E-state index contributed by atoms with van der Waals surface area (Å²) >= 11 is 0. The molecule has 0 saturated carbocycles. The maximum absolute atomic E-state index is 11.0. The molecule has 0 bridgehead atoms. The van der Waals surface area contributed by atoms with E-state index in [1.165, 1.54) is 5.56 Å². The molecule has 0 aliphatic heterocycles. The van der Waals surface area contributed by atoms with Gasteiger partial charge in [-0.1, -0.05) is 23.8 Å². The van der Waals surface area contributed by atoms with Crippen molar-refractivity contribution in [2.45, 2.75) is 26.9 Å². The molecular formula is C12H16O2. The third-order valence-corrected chi connectivity index (χ3v) is 1.96. The van der Waals surface area contributed by atoms with Crippen LogP contribution in [0.5, 0.6) is 0 Å². The largest absolute Gasteiger partial charge is 0.380 e. The zero-order chi connectivity index (χ0) is 10.6. The quantitative estimate of drug-likeness (QED) is 0.731. The molecule has 0 unspecified atom stereocenters. The smallest absolute Gasteiger partial charge is 0.134 e. The Balaban J connectivity index is 2.88. The fraction of sp³-hybridized carbons (Fsp3) is 0.417. The summed E-state index contributed by atoms with van der Waals surface area (Å²) in [5, 5.41) is 0. The van der Waals surface area contributed by atoms with Crippen LogP contribution in [0, 0.1) is 6.92 Å². The Labute approximate surface area is 84.9 Å². The van der Waals surface area contributed by atoms with Gasteiger partial charge in [-0.15, -0.1) is 0 Å². The molecule has 0 saturated heterocycles. The molecule has 0 aromatic heterocycles. The molecule has 1 rings (SSSR count). The first-order valence-electron chi connectivity index (χ1n) is 4.69. The summed E-state index contributed by atoms with van der Waals surface area (Å²) in [6, 6.07) is 6.14. The van der Waals surface area contributed by atoms with Crippen molar-refractivity contribution in [1.82, 2.24) is 0 Å². The highest BCUT2D eigenvalue weighted by molar-refractivity contribution is 5.78. The summed E-state index contributed by atoms with van der Waals surface area (Å²) in [5.41, 5.74) is 3.38. The zero-order valence-corrected chi connectivity index (χ0v) is 8.96. The molecule has 1 aromatic rings. The second-order valence-electron chi connectivity index (χ2n) is 3.64. The van der Waals surface area contributed by atoms with Crippen molar-refractivity contribution in [2.75, 3.05) is 7.11 Å². The molecule has 0 radical (unpaired) electrons. The third-order valence-electron chi connectivity index (χ3n) is 1.96. The molecule has 2 nitrogen and oxygen atoms in total. The standard InChI is InChI=1S/C12H16O2/c1-9-4-11(6-10(2)13)7-12(5-9)8-14-3/h4-5,7H,6,8H2,1-3H3. The van der Waals surface area contributed by atoms with Gasteiger partial charge in [0.15, 0.2) is 0 Å². The van der Waals surface area contributed by atoms with Crippen LogP contribution in [-0.4, -0.2) is 12.9 Å². The summed E-state index contributed by atoms with van der Waals surface area (Å²) < 4.78 is 5.06. The molecule has 14 heavy (non-hydrogen) atoms. The first-order valence-corrected chi connectivity index (χ1v) is 4.69. The van der Waals surface area contributed by atoms with Crippen molar-refractivity contribution in [2.24, 2.45) is 0 Å². The lowest BCUT2D eigenvalue weighted by molar-refractivity contribution is -0.116. The van der Waals surface area contributed by atoms with E-state index in [9.17, 15) is 4.79 Å². The number of ether oxygens (including phenoxy) is 1. The Morgan fingerprint density at radius 2 is 1.93 bits per heavy atom. The Hall–Kier alpha value is -1.15.